The Bertz CT molecular complexity index is 2350. The molecule has 5 aromatic carbocycles. The lowest BCUT2D eigenvalue weighted by atomic mass is 9.96. The zero-order chi connectivity index (χ0) is 45.3. The Hall–Kier alpha value is -6.30. The number of aliphatic hydroxyl groups excluding tert-OH is 1. The van der Waals surface area contributed by atoms with E-state index in [1.54, 1.807) is 135 Å². The van der Waals surface area contributed by atoms with Crippen LogP contribution in [-0.2, 0) is 54.0 Å². The van der Waals surface area contributed by atoms with Gasteiger partial charge in [0.05, 0.1) is 35.5 Å². The van der Waals surface area contributed by atoms with E-state index in [0.717, 1.165) is 5.56 Å². The number of hydrogen-bond donors (Lipinski definition) is 1. The van der Waals surface area contributed by atoms with Crippen molar-refractivity contribution >= 4 is 23.9 Å². The van der Waals surface area contributed by atoms with Crippen molar-refractivity contribution in [3.8, 4) is 0 Å². The lowest BCUT2D eigenvalue weighted by Gasteiger charge is -2.47. The summed E-state index contributed by atoms with van der Waals surface area (Å²) in [6, 6.07) is 41.9. The quantitative estimate of drug-likeness (QED) is 0.0943. The van der Waals surface area contributed by atoms with Crippen LogP contribution in [0, 0.1) is 0 Å². The van der Waals surface area contributed by atoms with E-state index in [4.69, 9.17) is 47.4 Å². The largest absolute Gasteiger partial charge is 0.459 e. The second-order valence-electron chi connectivity index (χ2n) is 15.9. The van der Waals surface area contributed by atoms with Gasteiger partial charge in [0.2, 0.25) is 0 Å². The fraction of sp³-hybridized carbons (Fsp3) is 0.320. The van der Waals surface area contributed by atoms with Crippen molar-refractivity contribution in [2.45, 2.75) is 87.7 Å². The maximum absolute atomic E-state index is 14.2. The summed E-state index contributed by atoms with van der Waals surface area (Å²) in [6.07, 6.45) is -13.6. The van der Waals surface area contributed by atoms with E-state index in [1.807, 2.05) is 30.3 Å². The number of aliphatic hydroxyl groups is 1. The van der Waals surface area contributed by atoms with Crippen molar-refractivity contribution < 1.29 is 71.7 Å². The van der Waals surface area contributed by atoms with Crippen molar-refractivity contribution in [3.63, 3.8) is 0 Å². The van der Waals surface area contributed by atoms with Crippen molar-refractivity contribution in [1.29, 1.82) is 0 Å². The first kappa shape index (κ1) is 45.3. The molecule has 15 nitrogen and oxygen atoms in total. The second-order valence-corrected chi connectivity index (χ2v) is 15.9. The van der Waals surface area contributed by atoms with E-state index in [1.165, 1.54) is 0 Å². The molecule has 0 radical (unpaired) electrons. The number of carbonyl (C=O) groups excluding carboxylic acids is 4. The van der Waals surface area contributed by atoms with Crippen molar-refractivity contribution in [2.75, 3.05) is 13.2 Å². The van der Waals surface area contributed by atoms with Crippen LogP contribution in [-0.4, -0.2) is 109 Å². The summed E-state index contributed by atoms with van der Waals surface area (Å²) in [6.45, 7) is 2.18. The predicted molar refractivity (Wildman–Crippen MR) is 228 cm³/mol. The number of fused-ring (bicyclic) bond motifs is 1. The number of rotatable bonds is 15. The van der Waals surface area contributed by atoms with E-state index >= 15 is 0 Å². The third-order valence-corrected chi connectivity index (χ3v) is 10.9. The first-order chi connectivity index (χ1) is 31.6. The van der Waals surface area contributed by atoms with E-state index in [2.05, 4.69) is 0 Å². The van der Waals surface area contributed by atoms with Crippen LogP contribution in [0.15, 0.2) is 152 Å². The highest BCUT2D eigenvalue weighted by molar-refractivity contribution is 5.91. The Morgan fingerprint density at radius 2 is 0.938 bits per heavy atom. The Balaban J connectivity index is 1.22. The monoisotopic (exact) mass is 888 g/mol. The first-order valence-corrected chi connectivity index (χ1v) is 21.2. The zero-order valence-electron chi connectivity index (χ0n) is 35.5. The maximum Gasteiger partial charge on any atom is 0.338 e. The minimum absolute atomic E-state index is 0.0517. The number of hydrogen-bond acceptors (Lipinski definition) is 15. The van der Waals surface area contributed by atoms with Gasteiger partial charge in [-0.2, -0.15) is 0 Å². The van der Waals surface area contributed by atoms with Gasteiger partial charge in [0.15, 0.2) is 36.7 Å². The summed E-state index contributed by atoms with van der Waals surface area (Å²) in [5.41, 5.74) is 1.49. The Morgan fingerprint density at radius 1 is 0.508 bits per heavy atom. The van der Waals surface area contributed by atoms with Gasteiger partial charge in [-0.1, -0.05) is 103 Å². The third kappa shape index (κ3) is 11.0. The molecule has 338 valence electrons. The number of esters is 4. The molecule has 0 spiro atoms. The predicted octanol–water partition coefficient (Wildman–Crippen LogP) is 6.08. The molecule has 1 N–H and O–H groups in total. The Kier molecular flexibility index (Phi) is 14.4. The number of carbonyl (C=O) groups is 4. The van der Waals surface area contributed by atoms with Gasteiger partial charge >= 0.3 is 23.9 Å². The fourth-order valence-electron chi connectivity index (χ4n) is 7.81. The standard InChI is InChI=1S/C50H48O15/c1-50(2)64-39-36(28-51)58-49(43(41(39)65-50)62-47(55)35-26-16-7-17-27-35)63-38-37(30-56-44(52)32-20-10-4-11-21-32)59-48(57-29-31-18-8-3-9-19-31)42(61-46(54)34-24-14-6-15-25-34)40(38)60-45(53)33-22-12-5-13-23-33/h3-27,36-43,48-49,51H,28-30H2,1-2H3/t36-,37-,38-,39+,40+,41+,42-,43-,48-,49+/m1/s1. The SMILES string of the molecule is CC1(C)O[C@H]2[C@@H](O1)[C@@H](CO)O[C@@H](O[C@H]1[C@H](OC(=O)c3ccccc3)[C@@H](OC(=O)c3ccccc3)[C@H](OCc3ccccc3)O[C@@H]1COC(=O)c1ccccc1)[C@@H]2OC(=O)c1ccccc1. The number of benzene rings is 5. The molecule has 8 rings (SSSR count). The molecule has 0 aromatic heterocycles. The van der Waals surface area contributed by atoms with Gasteiger partial charge in [0.1, 0.15) is 37.1 Å². The van der Waals surface area contributed by atoms with Gasteiger partial charge in [-0.15, -0.1) is 0 Å². The van der Waals surface area contributed by atoms with Gasteiger partial charge in [0.25, 0.3) is 0 Å². The molecule has 65 heavy (non-hydrogen) atoms. The van der Waals surface area contributed by atoms with Gasteiger partial charge in [-0.05, 0) is 67.9 Å². The number of ether oxygens (including phenoxy) is 10. The summed E-state index contributed by atoms with van der Waals surface area (Å²) in [7, 11) is 0. The molecule has 10 atom stereocenters. The highest BCUT2D eigenvalue weighted by Crippen LogP contribution is 2.41. The molecule has 0 bridgehead atoms. The maximum atomic E-state index is 14.2. The van der Waals surface area contributed by atoms with Crippen LogP contribution in [0.25, 0.3) is 0 Å². The van der Waals surface area contributed by atoms with E-state index < -0.39 is 104 Å². The molecule has 3 aliphatic rings. The molecule has 3 heterocycles. The van der Waals surface area contributed by atoms with Gasteiger partial charge < -0.3 is 52.5 Å². The minimum atomic E-state index is -1.61. The van der Waals surface area contributed by atoms with Crippen molar-refractivity contribution in [2.24, 2.45) is 0 Å². The minimum Gasteiger partial charge on any atom is -0.459 e. The van der Waals surface area contributed by atoms with Crippen LogP contribution in [0.1, 0.15) is 60.8 Å². The Labute approximate surface area is 375 Å². The van der Waals surface area contributed by atoms with Gasteiger partial charge in [0, 0.05) is 0 Å². The smallest absolute Gasteiger partial charge is 0.338 e. The fourth-order valence-corrected chi connectivity index (χ4v) is 7.81. The molecule has 15 heteroatoms. The first-order valence-electron chi connectivity index (χ1n) is 21.2. The topological polar surface area (TPSA) is 181 Å². The summed E-state index contributed by atoms with van der Waals surface area (Å²) >= 11 is 0. The molecule has 5 aromatic rings. The van der Waals surface area contributed by atoms with Crippen molar-refractivity contribution in [3.05, 3.63) is 179 Å². The third-order valence-electron chi connectivity index (χ3n) is 10.9. The highest BCUT2D eigenvalue weighted by Gasteiger charge is 2.60. The summed E-state index contributed by atoms with van der Waals surface area (Å²) < 4.78 is 63.3. The average molecular weight is 889 g/mol. The lowest BCUT2D eigenvalue weighted by Crippen LogP contribution is -2.66. The Morgan fingerprint density at radius 3 is 1.45 bits per heavy atom. The van der Waals surface area contributed by atoms with Crippen LogP contribution in [0.4, 0.5) is 0 Å². The van der Waals surface area contributed by atoms with E-state index in [-0.39, 0.29) is 28.9 Å². The van der Waals surface area contributed by atoms with Crippen LogP contribution >= 0.6 is 0 Å². The molecule has 0 aliphatic carbocycles. The highest BCUT2D eigenvalue weighted by atomic mass is 16.8. The summed E-state index contributed by atoms with van der Waals surface area (Å²) in [5, 5.41) is 10.7. The van der Waals surface area contributed by atoms with Crippen LogP contribution in [0.3, 0.4) is 0 Å². The van der Waals surface area contributed by atoms with Crippen LogP contribution in [0.2, 0.25) is 0 Å². The molecule has 0 amide bonds. The molecule has 3 aliphatic heterocycles. The zero-order valence-corrected chi connectivity index (χ0v) is 35.5. The molecule has 3 saturated heterocycles. The van der Waals surface area contributed by atoms with Crippen molar-refractivity contribution in [1.82, 2.24) is 0 Å². The second kappa shape index (κ2) is 20.7. The molecular weight excluding hydrogens is 841 g/mol. The normalized spacial score (nSPS) is 26.8. The van der Waals surface area contributed by atoms with Crippen LogP contribution < -0.4 is 0 Å². The van der Waals surface area contributed by atoms with Gasteiger partial charge in [-0.25, -0.2) is 19.2 Å². The van der Waals surface area contributed by atoms with Gasteiger partial charge in [-0.3, -0.25) is 0 Å². The van der Waals surface area contributed by atoms with E-state index in [9.17, 15) is 24.3 Å². The summed E-state index contributed by atoms with van der Waals surface area (Å²) in [5.74, 6) is -4.34. The molecule has 0 saturated carbocycles. The van der Waals surface area contributed by atoms with E-state index in [0.29, 0.717) is 0 Å². The molecular formula is C50H48O15. The summed E-state index contributed by atoms with van der Waals surface area (Å²) in [4.78, 5) is 55.6. The van der Waals surface area contributed by atoms with Crippen LogP contribution in [0.5, 0.6) is 0 Å². The molecule has 0 unspecified atom stereocenters. The molecule has 3 fully saturated rings. The average Bonchev–Trinajstić information content (AvgIpc) is 3.68. The lowest BCUT2D eigenvalue weighted by molar-refractivity contribution is -0.352.